The lowest BCUT2D eigenvalue weighted by molar-refractivity contribution is -0.242. The maximum absolute atomic E-state index is 15.8. The molecule has 2 saturated carbocycles. The molecule has 0 radical (unpaired) electrons. The predicted octanol–water partition coefficient (Wildman–Crippen LogP) is 15.7. The van der Waals surface area contributed by atoms with E-state index in [2.05, 4.69) is 124 Å². The first-order valence-corrected chi connectivity index (χ1v) is 32.6. The number of hydrogen-bond acceptors (Lipinski definition) is 12. The molecule has 0 saturated heterocycles. The number of carboxylic acids is 1. The molecule has 2 aromatic carbocycles. The van der Waals surface area contributed by atoms with Crippen LogP contribution in [-0.2, 0) is 33.5 Å². The van der Waals surface area contributed by atoms with Crippen LogP contribution in [0.15, 0.2) is 76.9 Å². The number of amidine groups is 1. The third-order valence-corrected chi connectivity index (χ3v) is 20.0. The number of hydrogen-bond donors (Lipinski definition) is 5. The summed E-state index contributed by atoms with van der Waals surface area (Å²) in [6.45, 7) is 34.9. The fourth-order valence-electron chi connectivity index (χ4n) is 12.7. The Kier molecular flexibility index (Phi) is 23.5. The number of unbranched alkanes of at least 4 members (excludes halogenated alkanes) is 1. The first kappa shape index (κ1) is 68.0. The lowest BCUT2D eigenvalue weighted by Gasteiger charge is -2.50. The van der Waals surface area contributed by atoms with E-state index in [9.17, 15) is 19.5 Å². The molecule has 3 aliphatic rings. The van der Waals surface area contributed by atoms with Gasteiger partial charge in [-0.15, -0.1) is 23.5 Å². The number of carbonyl (C=O) groups is 5. The second-order valence-corrected chi connectivity index (χ2v) is 31.0. The molecule has 84 heavy (non-hydrogen) atoms. The molecular weight excluding hydrogens is 1100 g/mol. The molecule has 1 aliphatic heterocycles. The van der Waals surface area contributed by atoms with Crippen molar-refractivity contribution in [2.24, 2.45) is 62.2 Å². The van der Waals surface area contributed by atoms with Crippen molar-refractivity contribution in [3.8, 4) is 11.1 Å². The molecule has 6 unspecified atom stereocenters. The number of carboxylic acid groups (broad SMARTS) is 1. The van der Waals surface area contributed by atoms with Gasteiger partial charge in [0.2, 0.25) is 11.8 Å². The van der Waals surface area contributed by atoms with E-state index in [1.165, 1.54) is 23.5 Å². The Morgan fingerprint density at radius 2 is 1.20 bits per heavy atom. The normalized spacial score (nSPS) is 23.6. The topological polar surface area (TPSA) is 206 Å². The van der Waals surface area contributed by atoms with Gasteiger partial charge in [0.15, 0.2) is 0 Å². The van der Waals surface area contributed by atoms with Gasteiger partial charge in [0.25, 0.3) is 0 Å². The van der Waals surface area contributed by atoms with Gasteiger partial charge < -0.3 is 30.2 Å². The van der Waals surface area contributed by atoms with Crippen LogP contribution < -0.4 is 10.6 Å². The zero-order chi connectivity index (χ0) is 62.1. The minimum absolute atomic E-state index is 0.0126. The number of thioether (sulfide) groups is 2. The molecular formula is C68H98N4O10S2. The van der Waals surface area contributed by atoms with Crippen molar-refractivity contribution in [1.29, 1.82) is 0 Å². The summed E-state index contributed by atoms with van der Waals surface area (Å²) >= 11 is 2.74. The van der Waals surface area contributed by atoms with Crippen LogP contribution in [0, 0.1) is 57.2 Å². The lowest BCUT2D eigenvalue weighted by atomic mass is 9.59. The van der Waals surface area contributed by atoms with Crippen LogP contribution in [0.1, 0.15) is 190 Å². The van der Waals surface area contributed by atoms with Crippen molar-refractivity contribution in [3.63, 3.8) is 0 Å². The van der Waals surface area contributed by atoms with Crippen LogP contribution in [0.2, 0.25) is 0 Å². The molecule has 462 valence electrons. The lowest BCUT2D eigenvalue weighted by Crippen LogP contribution is -2.50. The Bertz CT molecular complexity index is 2800. The molecule has 6 atom stereocenters. The molecule has 16 heteroatoms. The van der Waals surface area contributed by atoms with Crippen molar-refractivity contribution in [3.05, 3.63) is 88.8 Å². The Hall–Kier alpha value is -5.16. The third-order valence-electron chi connectivity index (χ3n) is 17.3. The van der Waals surface area contributed by atoms with Gasteiger partial charge in [-0.25, -0.2) is 19.5 Å². The fraction of sp³-hybridized carbons (Fsp3) is 0.618. The number of allylic oxidation sites excluding steroid dienone is 1. The van der Waals surface area contributed by atoms with E-state index >= 15 is 9.59 Å². The molecule has 3 aromatic rings. The third kappa shape index (κ3) is 17.5. The number of aromatic nitrogens is 1. The number of nitrogens with zero attached hydrogens (tertiary/aromatic N) is 1. The number of aromatic amines is 1. The molecule has 2 amide bonds. The Balaban J connectivity index is 1.58. The highest BCUT2D eigenvalue weighted by Gasteiger charge is 2.51. The molecule has 0 bridgehead atoms. The zero-order valence-corrected chi connectivity index (χ0v) is 54.7. The van der Waals surface area contributed by atoms with Crippen LogP contribution in [0.25, 0.3) is 22.8 Å². The highest BCUT2D eigenvalue weighted by atomic mass is 32.2. The molecule has 2 aliphatic carbocycles. The van der Waals surface area contributed by atoms with Gasteiger partial charge in [0.05, 0.1) is 23.2 Å². The van der Waals surface area contributed by atoms with Gasteiger partial charge in [0.1, 0.15) is 40.2 Å². The number of esters is 2. The van der Waals surface area contributed by atoms with Crippen LogP contribution in [0.5, 0.6) is 0 Å². The molecule has 5 N–H and O–H groups in total. The molecule has 1 aromatic heterocycles. The first-order chi connectivity index (χ1) is 39.3. The minimum atomic E-state index is -1.01. The van der Waals surface area contributed by atoms with Crippen LogP contribution in [0.4, 0.5) is 5.82 Å². The molecule has 2 heterocycles. The van der Waals surface area contributed by atoms with Crippen molar-refractivity contribution in [2.45, 2.75) is 191 Å². The van der Waals surface area contributed by atoms with Crippen molar-refractivity contribution >= 4 is 76.5 Å². The number of nitrogens with one attached hydrogen (secondary N) is 3. The van der Waals surface area contributed by atoms with Crippen LogP contribution >= 0.6 is 23.5 Å². The summed E-state index contributed by atoms with van der Waals surface area (Å²) in [4.78, 5) is 84.9. The number of H-pyrrole nitrogens is 1. The smallest absolute Gasteiger partial charge is 0.342 e. The largest absolute Gasteiger partial charge is 0.480 e. The number of aliphatic carboxylic acids is 1. The highest BCUT2D eigenvalue weighted by molar-refractivity contribution is 8.00. The van der Waals surface area contributed by atoms with Gasteiger partial charge in [-0.1, -0.05) is 165 Å². The summed E-state index contributed by atoms with van der Waals surface area (Å²) in [6, 6.07) is 18.9. The van der Waals surface area contributed by atoms with Crippen LogP contribution in [0.3, 0.4) is 0 Å². The number of amides is 2. The van der Waals surface area contributed by atoms with Gasteiger partial charge in [0, 0.05) is 41.2 Å². The summed E-state index contributed by atoms with van der Waals surface area (Å²) in [7, 11) is 0. The maximum Gasteiger partial charge on any atom is 0.342 e. The molecule has 0 spiro atoms. The second-order valence-electron chi connectivity index (χ2n) is 28.2. The SMILES string of the molecule is CCCSC(C)C(=O)NC1=NC(=Cc2[nH]c(NC(=O)CCCCSC(CCOO)C(=O)O)c(C(=O)OC3C(C(C)(C)C)CC(C)CC3C(C)(C)C)c2-c2ccccc2)C(c2ccccc2)=C1C(=O)OC1C(C(C)(C)C)CC(C)CC1C(C)(C)C. The highest BCUT2D eigenvalue weighted by Crippen LogP contribution is 2.52. The number of anilines is 1. The number of rotatable bonds is 22. The Labute approximate surface area is 509 Å². The van der Waals surface area contributed by atoms with E-state index in [4.69, 9.17) is 19.7 Å². The monoisotopic (exact) mass is 1190 g/mol. The molecule has 14 nitrogen and oxygen atoms in total. The van der Waals surface area contributed by atoms with E-state index in [0.717, 1.165) is 37.9 Å². The zero-order valence-electron chi connectivity index (χ0n) is 53.0. The quantitative estimate of drug-likeness (QED) is 0.0276. The minimum Gasteiger partial charge on any atom is -0.480 e. The molecule has 2 fully saturated rings. The van der Waals surface area contributed by atoms with Gasteiger partial charge in [-0.3, -0.25) is 19.6 Å². The van der Waals surface area contributed by atoms with E-state index in [1.807, 2.05) is 67.6 Å². The number of benzene rings is 2. The Morgan fingerprint density at radius 1 is 0.702 bits per heavy atom. The number of aliphatic imine (C=N–C) groups is 1. The van der Waals surface area contributed by atoms with Gasteiger partial charge in [-0.2, -0.15) is 0 Å². The number of ether oxygens (including phenoxy) is 2. The summed E-state index contributed by atoms with van der Waals surface area (Å²) in [5.41, 5.74) is 2.28. The Morgan fingerprint density at radius 3 is 1.68 bits per heavy atom. The summed E-state index contributed by atoms with van der Waals surface area (Å²) < 4.78 is 14.0. The summed E-state index contributed by atoms with van der Waals surface area (Å²) in [5.74, 6) is -0.605. The standard InChI is InChI=1S/C68H98N4O10S2/c1-17-33-83-42(4)61(74)72-60-56(64(78)82-58-47(67(11,12)13)37-41(3)38-48(58)68(14,15)16)54(44-28-22-19-23-29-44)50(70-60)39-49-53(43-26-20-18-21-27-43)55(59(69-49)71-52(73)30-24-25-34-84-51(62(75)76)31-32-80-79)63(77)81-57-45(65(5,6)7)35-40(2)36-46(57)66(8,9)10/h18-23,26-29,39-42,45-48,51,57-58,69,79H,17,24-25,30-38H2,1-16H3,(H,71,73)(H,75,76)(H,70,72,74). The summed E-state index contributed by atoms with van der Waals surface area (Å²) in [5, 5.41) is 23.5. The van der Waals surface area contributed by atoms with Gasteiger partial charge >= 0.3 is 17.9 Å². The summed E-state index contributed by atoms with van der Waals surface area (Å²) in [6.07, 6.45) is 6.37. The fourth-order valence-corrected chi connectivity index (χ4v) is 14.5. The second kappa shape index (κ2) is 29.0. The average Bonchev–Trinajstić information content (AvgIpc) is 2.41. The van der Waals surface area contributed by atoms with E-state index in [0.29, 0.717) is 64.1 Å². The van der Waals surface area contributed by atoms with Gasteiger partial charge in [-0.05, 0) is 120 Å². The molecule has 6 rings (SSSR count). The number of carbonyl (C=O) groups excluding carboxylic acids is 4. The maximum atomic E-state index is 15.8. The van der Waals surface area contributed by atoms with Crippen LogP contribution in [-0.4, -0.2) is 91.7 Å². The van der Waals surface area contributed by atoms with Crippen molar-refractivity contribution in [1.82, 2.24) is 10.3 Å². The van der Waals surface area contributed by atoms with E-state index in [1.54, 1.807) is 6.08 Å². The van der Waals surface area contributed by atoms with E-state index in [-0.39, 0.29) is 99.4 Å². The van der Waals surface area contributed by atoms with Crippen molar-refractivity contribution in [2.75, 3.05) is 23.4 Å². The first-order valence-electron chi connectivity index (χ1n) is 30.5. The average molecular weight is 1200 g/mol. The van der Waals surface area contributed by atoms with E-state index < -0.39 is 40.6 Å². The van der Waals surface area contributed by atoms with Crippen molar-refractivity contribution < 1.29 is 48.7 Å². The predicted molar refractivity (Wildman–Crippen MR) is 343 cm³/mol.